The molecular formula is C46H37N9. The van der Waals surface area contributed by atoms with Crippen molar-refractivity contribution in [3.63, 3.8) is 0 Å². The zero-order chi connectivity index (χ0) is 37.5. The molecule has 0 spiro atoms. The maximum absolute atomic E-state index is 5.34. The maximum atomic E-state index is 5.34. The number of hydrogen-bond acceptors (Lipinski definition) is 7. The minimum Gasteiger partial charge on any atom is -0.329 e. The van der Waals surface area contributed by atoms with E-state index in [9.17, 15) is 0 Å². The van der Waals surface area contributed by atoms with Crippen molar-refractivity contribution in [2.45, 2.75) is 20.8 Å². The van der Waals surface area contributed by atoms with Crippen LogP contribution in [0.25, 0.3) is 56.5 Å². The van der Waals surface area contributed by atoms with Crippen molar-refractivity contribution in [2.24, 2.45) is 4.99 Å². The molecular weight excluding hydrogens is 679 g/mol. The molecule has 0 atom stereocenters. The summed E-state index contributed by atoms with van der Waals surface area (Å²) in [7, 11) is 2.03. The average molecular weight is 716 g/mol. The van der Waals surface area contributed by atoms with Crippen molar-refractivity contribution in [3.05, 3.63) is 168 Å². The fourth-order valence-corrected chi connectivity index (χ4v) is 7.57. The van der Waals surface area contributed by atoms with Crippen LogP contribution in [0, 0.1) is 20.8 Å². The first-order valence-corrected chi connectivity index (χ1v) is 18.2. The molecule has 266 valence electrons. The van der Waals surface area contributed by atoms with E-state index in [-0.39, 0.29) is 0 Å². The zero-order valence-electron chi connectivity index (χ0n) is 31.0. The predicted octanol–water partition coefficient (Wildman–Crippen LogP) is 10.3. The van der Waals surface area contributed by atoms with Crippen LogP contribution in [-0.2, 0) is 0 Å². The van der Waals surface area contributed by atoms with Crippen LogP contribution in [0.15, 0.2) is 151 Å². The molecule has 9 rings (SSSR count). The van der Waals surface area contributed by atoms with Crippen LogP contribution in [0.4, 0.5) is 17.2 Å². The summed E-state index contributed by atoms with van der Waals surface area (Å²) in [5.74, 6) is 2.35. The van der Waals surface area contributed by atoms with Crippen LogP contribution >= 0.6 is 0 Å². The van der Waals surface area contributed by atoms with Crippen molar-refractivity contribution < 1.29 is 0 Å². The number of nitrogens with zero attached hydrogens (tertiary/aromatic N) is 9. The highest BCUT2D eigenvalue weighted by molar-refractivity contribution is 5.94. The smallest absolute Gasteiger partial charge is 0.164 e. The molecule has 55 heavy (non-hydrogen) atoms. The molecule has 0 aliphatic carbocycles. The van der Waals surface area contributed by atoms with Crippen molar-refractivity contribution in [1.82, 2.24) is 34.1 Å². The number of anilines is 2. The molecule has 5 heterocycles. The van der Waals surface area contributed by atoms with Gasteiger partial charge in [-0.2, -0.15) is 0 Å². The fraction of sp³-hybridized carbons (Fsp3) is 0.0870. The number of hydrogen-bond donors (Lipinski definition) is 0. The average Bonchev–Trinajstić information content (AvgIpc) is 3.80. The van der Waals surface area contributed by atoms with E-state index in [4.69, 9.17) is 29.9 Å². The van der Waals surface area contributed by atoms with Crippen molar-refractivity contribution in [3.8, 4) is 34.2 Å². The number of rotatable bonds is 8. The number of imidazole rings is 2. The Kier molecular flexibility index (Phi) is 8.51. The lowest BCUT2D eigenvalue weighted by molar-refractivity contribution is 1.05. The van der Waals surface area contributed by atoms with Gasteiger partial charge in [-0.15, -0.1) is 0 Å². The Morgan fingerprint density at radius 1 is 0.527 bits per heavy atom. The van der Waals surface area contributed by atoms with Crippen LogP contribution in [0.5, 0.6) is 0 Å². The number of aromatic nitrogens is 7. The van der Waals surface area contributed by atoms with Gasteiger partial charge < -0.3 is 4.90 Å². The van der Waals surface area contributed by atoms with E-state index in [1.807, 2.05) is 123 Å². The fourth-order valence-electron chi connectivity index (χ4n) is 7.57. The molecule has 0 aliphatic heterocycles. The van der Waals surface area contributed by atoms with Gasteiger partial charge in [-0.1, -0.05) is 54.6 Å². The van der Waals surface area contributed by atoms with E-state index in [1.165, 1.54) is 0 Å². The van der Waals surface area contributed by atoms with E-state index in [0.29, 0.717) is 0 Å². The van der Waals surface area contributed by atoms with Gasteiger partial charge >= 0.3 is 0 Å². The molecule has 5 aromatic heterocycles. The highest BCUT2D eigenvalue weighted by Crippen LogP contribution is 2.45. The monoisotopic (exact) mass is 715 g/mol. The Balaban J connectivity index is 1.34. The third kappa shape index (κ3) is 5.82. The van der Waals surface area contributed by atoms with E-state index < -0.39 is 0 Å². The number of aliphatic imine (C=N–C) groups is 1. The summed E-state index contributed by atoms with van der Waals surface area (Å²) < 4.78 is 4.29. The molecule has 0 amide bonds. The minimum atomic E-state index is 0.777. The van der Waals surface area contributed by atoms with Crippen molar-refractivity contribution >= 4 is 45.7 Å². The summed E-state index contributed by atoms with van der Waals surface area (Å²) in [6, 6.07) is 42.6. The van der Waals surface area contributed by atoms with E-state index >= 15 is 0 Å². The summed E-state index contributed by atoms with van der Waals surface area (Å²) in [5.41, 5.74) is 12.8. The minimum absolute atomic E-state index is 0.777. The molecule has 9 heteroatoms. The van der Waals surface area contributed by atoms with Crippen LogP contribution in [0.2, 0.25) is 0 Å². The van der Waals surface area contributed by atoms with Gasteiger partial charge in [0.05, 0.1) is 5.69 Å². The summed E-state index contributed by atoms with van der Waals surface area (Å²) >= 11 is 0. The Labute approximate surface area is 319 Å². The van der Waals surface area contributed by atoms with Gasteiger partial charge in [0.2, 0.25) is 0 Å². The first-order valence-electron chi connectivity index (χ1n) is 18.2. The lowest BCUT2D eigenvalue weighted by Crippen LogP contribution is -2.13. The molecule has 0 bridgehead atoms. The maximum Gasteiger partial charge on any atom is 0.164 e. The Morgan fingerprint density at radius 2 is 1.00 bits per heavy atom. The summed E-state index contributed by atoms with van der Waals surface area (Å²) in [5, 5.41) is 0. The molecule has 0 unspecified atom stereocenters. The third-order valence-electron chi connectivity index (χ3n) is 10.1. The molecule has 0 radical (unpaired) electrons. The normalized spacial score (nSPS) is 11.6. The van der Waals surface area contributed by atoms with Crippen LogP contribution in [-0.4, -0.2) is 47.3 Å². The number of pyridine rings is 3. The van der Waals surface area contributed by atoms with Gasteiger partial charge in [0, 0.05) is 65.6 Å². The molecule has 0 aliphatic rings. The Morgan fingerprint density at radius 3 is 1.53 bits per heavy atom. The van der Waals surface area contributed by atoms with Crippen molar-refractivity contribution in [2.75, 3.05) is 11.9 Å². The molecule has 9 nitrogen and oxygen atoms in total. The van der Waals surface area contributed by atoms with Gasteiger partial charge in [-0.25, -0.2) is 24.9 Å². The topological polar surface area (TPSA) is 89.9 Å². The standard InChI is InChI=1S/C46H37N9/c1-30-39(45-51-37-24-15-27-48-43(37)54(45)35-20-10-6-11-21-35)31(2)41(50-29-33-17-14-26-47-42(33)53(4)34-18-8-5-9-19-34)32(3)40(30)46-52-38-25-16-28-49-44(38)55(46)36-22-12-7-13-23-36/h5-29H,1-4H3/b50-29+. The highest BCUT2D eigenvalue weighted by Gasteiger charge is 2.28. The van der Waals surface area contributed by atoms with Gasteiger partial charge in [0.15, 0.2) is 11.3 Å². The molecule has 0 N–H and O–H groups in total. The Bertz CT molecular complexity index is 2710. The van der Waals surface area contributed by atoms with Gasteiger partial charge in [-0.05, 0) is 110 Å². The van der Waals surface area contributed by atoms with Gasteiger partial charge in [0.25, 0.3) is 0 Å². The molecule has 0 saturated carbocycles. The molecule has 0 saturated heterocycles. The lowest BCUT2D eigenvalue weighted by atomic mass is 9.90. The van der Waals surface area contributed by atoms with Crippen LogP contribution in [0.1, 0.15) is 22.3 Å². The van der Waals surface area contributed by atoms with Gasteiger partial charge in [-0.3, -0.25) is 14.1 Å². The van der Waals surface area contributed by atoms with Crippen molar-refractivity contribution in [1.29, 1.82) is 0 Å². The van der Waals surface area contributed by atoms with Gasteiger partial charge in [0.1, 0.15) is 28.5 Å². The first-order chi connectivity index (χ1) is 27.0. The SMILES string of the molecule is Cc1c(/N=C/c2cccnc2N(C)c2ccccc2)c(C)c(-c2nc3cccnc3n2-c2ccccc2)c(C)c1-c1nc2cccnc2n1-c1ccccc1. The lowest BCUT2D eigenvalue weighted by Gasteiger charge is -2.22. The second-order valence-corrected chi connectivity index (χ2v) is 13.4. The quantitative estimate of drug-likeness (QED) is 0.146. The molecule has 9 aromatic rings. The first kappa shape index (κ1) is 33.6. The van der Waals surface area contributed by atoms with E-state index in [1.54, 1.807) is 0 Å². The molecule has 4 aromatic carbocycles. The largest absolute Gasteiger partial charge is 0.329 e. The highest BCUT2D eigenvalue weighted by atomic mass is 15.2. The van der Waals surface area contributed by atoms with E-state index in [2.05, 4.69) is 71.2 Å². The summed E-state index contributed by atoms with van der Waals surface area (Å²) in [6.45, 7) is 6.43. The third-order valence-corrected chi connectivity index (χ3v) is 10.1. The number of fused-ring (bicyclic) bond motifs is 2. The molecule has 0 fully saturated rings. The van der Waals surface area contributed by atoms with E-state index in [0.717, 1.165) is 95.9 Å². The second kappa shape index (κ2) is 13.9. The Hall–Kier alpha value is -7.26. The predicted molar refractivity (Wildman–Crippen MR) is 222 cm³/mol. The number of para-hydroxylation sites is 3. The zero-order valence-corrected chi connectivity index (χ0v) is 31.0. The number of benzene rings is 4. The summed E-state index contributed by atoms with van der Waals surface area (Å²) in [4.78, 5) is 32.5. The van der Waals surface area contributed by atoms with Crippen LogP contribution in [0.3, 0.4) is 0 Å². The second-order valence-electron chi connectivity index (χ2n) is 13.4. The van der Waals surface area contributed by atoms with Crippen LogP contribution < -0.4 is 4.90 Å². The summed E-state index contributed by atoms with van der Waals surface area (Å²) in [6.07, 6.45) is 7.37.